The zero-order valence-corrected chi connectivity index (χ0v) is 13.4. The molecule has 2 aliphatic rings. The van der Waals surface area contributed by atoms with Gasteiger partial charge in [-0.1, -0.05) is 6.92 Å². The van der Waals surface area contributed by atoms with Crippen LogP contribution in [0.5, 0.6) is 0 Å². The van der Waals surface area contributed by atoms with Crippen LogP contribution in [0.25, 0.3) is 0 Å². The second-order valence-electron chi connectivity index (χ2n) is 6.48. The number of anilines is 1. The summed E-state index contributed by atoms with van der Waals surface area (Å²) in [6.07, 6.45) is 2.53. The van der Waals surface area contributed by atoms with Gasteiger partial charge in [0.15, 0.2) is 0 Å². The van der Waals surface area contributed by atoms with Gasteiger partial charge in [-0.3, -0.25) is 0 Å². The molecule has 2 fully saturated rings. The molecule has 0 amide bonds. The zero-order valence-electron chi connectivity index (χ0n) is 12.6. The van der Waals surface area contributed by atoms with E-state index in [2.05, 4.69) is 31.4 Å². The molecule has 3 heterocycles. The van der Waals surface area contributed by atoms with E-state index in [1.165, 1.54) is 50.6 Å². The van der Waals surface area contributed by atoms with Crippen LogP contribution in [-0.4, -0.2) is 60.1 Å². The van der Waals surface area contributed by atoms with Gasteiger partial charge >= 0.3 is 0 Å². The molecular weight excluding hydrogens is 270 g/mol. The van der Waals surface area contributed by atoms with Crippen LogP contribution < -0.4 is 10.2 Å². The Kier molecular flexibility index (Phi) is 4.23. The molecule has 0 saturated carbocycles. The van der Waals surface area contributed by atoms with Gasteiger partial charge < -0.3 is 15.1 Å². The third kappa shape index (κ3) is 3.30. The van der Waals surface area contributed by atoms with Crippen molar-refractivity contribution in [3.8, 4) is 0 Å². The number of nitrogens with zero attached hydrogens (tertiary/aromatic N) is 4. The second kappa shape index (κ2) is 5.95. The van der Waals surface area contributed by atoms with E-state index in [0.717, 1.165) is 30.6 Å². The minimum Gasteiger partial charge on any atom is -0.346 e. The Hall–Kier alpha value is -0.720. The molecule has 1 unspecified atom stereocenters. The minimum absolute atomic E-state index is 0.467. The molecule has 2 aliphatic heterocycles. The lowest BCUT2D eigenvalue weighted by atomic mass is 9.89. The predicted octanol–water partition coefficient (Wildman–Crippen LogP) is 1.36. The molecule has 2 saturated heterocycles. The van der Waals surface area contributed by atoms with E-state index in [0.29, 0.717) is 5.41 Å². The normalized spacial score (nSPS) is 28.8. The predicted molar refractivity (Wildman–Crippen MR) is 83.5 cm³/mol. The lowest BCUT2D eigenvalue weighted by Gasteiger charge is -2.31. The molecule has 0 spiro atoms. The minimum atomic E-state index is 0.467. The van der Waals surface area contributed by atoms with Gasteiger partial charge in [0.1, 0.15) is 5.82 Å². The van der Waals surface area contributed by atoms with Crippen molar-refractivity contribution in [2.24, 2.45) is 5.41 Å². The van der Waals surface area contributed by atoms with E-state index in [-0.39, 0.29) is 0 Å². The average Bonchev–Trinajstić information content (AvgIpc) is 2.95. The standard InChI is InChI=1S/C14H25N5S/c1-12-16-13(20-17-12)19-7-3-6-18(8-9-19)11-14(2)4-5-15-10-14/h15H,3-11H2,1-2H3. The van der Waals surface area contributed by atoms with Gasteiger partial charge in [0.05, 0.1) is 0 Å². The van der Waals surface area contributed by atoms with E-state index in [4.69, 9.17) is 0 Å². The number of rotatable bonds is 3. The highest BCUT2D eigenvalue weighted by atomic mass is 32.1. The van der Waals surface area contributed by atoms with Crippen molar-refractivity contribution in [1.29, 1.82) is 0 Å². The summed E-state index contributed by atoms with van der Waals surface area (Å²) in [7, 11) is 0. The van der Waals surface area contributed by atoms with Crippen LogP contribution in [0.4, 0.5) is 5.13 Å². The quantitative estimate of drug-likeness (QED) is 0.912. The summed E-state index contributed by atoms with van der Waals surface area (Å²) >= 11 is 1.54. The molecule has 1 N–H and O–H groups in total. The summed E-state index contributed by atoms with van der Waals surface area (Å²) in [4.78, 5) is 9.57. The fourth-order valence-corrected chi connectivity index (χ4v) is 4.00. The summed E-state index contributed by atoms with van der Waals surface area (Å²) < 4.78 is 4.30. The highest BCUT2D eigenvalue weighted by molar-refractivity contribution is 7.09. The average molecular weight is 295 g/mol. The lowest BCUT2D eigenvalue weighted by molar-refractivity contribution is 0.187. The molecule has 0 radical (unpaired) electrons. The highest BCUT2D eigenvalue weighted by Gasteiger charge is 2.31. The lowest BCUT2D eigenvalue weighted by Crippen LogP contribution is -2.39. The van der Waals surface area contributed by atoms with E-state index in [1.807, 2.05) is 6.92 Å². The summed E-state index contributed by atoms with van der Waals surface area (Å²) in [5.41, 5.74) is 0.467. The number of aryl methyl sites for hydroxylation is 1. The molecule has 1 aromatic heterocycles. The highest BCUT2D eigenvalue weighted by Crippen LogP contribution is 2.26. The van der Waals surface area contributed by atoms with Crippen LogP contribution in [0.2, 0.25) is 0 Å². The first-order chi connectivity index (χ1) is 9.65. The van der Waals surface area contributed by atoms with Gasteiger partial charge in [-0.25, -0.2) is 4.98 Å². The van der Waals surface area contributed by atoms with Crippen LogP contribution in [0, 0.1) is 12.3 Å². The first-order valence-corrected chi connectivity index (χ1v) is 8.40. The van der Waals surface area contributed by atoms with Gasteiger partial charge in [0.25, 0.3) is 0 Å². The Balaban J connectivity index is 1.56. The molecule has 5 nitrogen and oxygen atoms in total. The number of aromatic nitrogens is 2. The van der Waals surface area contributed by atoms with E-state index in [1.54, 1.807) is 0 Å². The largest absolute Gasteiger partial charge is 0.346 e. The molecule has 0 aliphatic carbocycles. The maximum atomic E-state index is 4.52. The Morgan fingerprint density at radius 3 is 2.90 bits per heavy atom. The summed E-state index contributed by atoms with van der Waals surface area (Å²) in [6, 6.07) is 0. The first kappa shape index (κ1) is 14.2. The van der Waals surface area contributed by atoms with E-state index < -0.39 is 0 Å². The SMILES string of the molecule is Cc1nsc(N2CCCN(CC3(C)CCNC3)CC2)n1. The van der Waals surface area contributed by atoms with Crippen LogP contribution >= 0.6 is 11.5 Å². The smallest absolute Gasteiger partial charge is 0.205 e. The molecule has 3 rings (SSSR count). The van der Waals surface area contributed by atoms with Crippen LogP contribution in [0.15, 0.2) is 0 Å². The second-order valence-corrected chi connectivity index (χ2v) is 7.21. The van der Waals surface area contributed by atoms with Crippen molar-refractivity contribution in [2.75, 3.05) is 50.7 Å². The molecule has 6 heteroatoms. The fraction of sp³-hybridized carbons (Fsp3) is 0.857. The topological polar surface area (TPSA) is 44.3 Å². The summed E-state index contributed by atoms with van der Waals surface area (Å²) in [5, 5.41) is 4.60. The van der Waals surface area contributed by atoms with Gasteiger partial charge in [0.2, 0.25) is 5.13 Å². The number of hydrogen-bond donors (Lipinski definition) is 1. The van der Waals surface area contributed by atoms with Crippen LogP contribution in [0.3, 0.4) is 0 Å². The molecule has 20 heavy (non-hydrogen) atoms. The van der Waals surface area contributed by atoms with Gasteiger partial charge in [-0.15, -0.1) is 0 Å². The van der Waals surface area contributed by atoms with E-state index in [9.17, 15) is 0 Å². The van der Waals surface area contributed by atoms with Crippen LogP contribution in [0.1, 0.15) is 25.6 Å². The summed E-state index contributed by atoms with van der Waals surface area (Å²) in [6.45, 7) is 12.5. The molecular formula is C14H25N5S. The first-order valence-electron chi connectivity index (χ1n) is 7.63. The maximum absolute atomic E-state index is 4.52. The maximum Gasteiger partial charge on any atom is 0.205 e. The van der Waals surface area contributed by atoms with Crippen LogP contribution in [-0.2, 0) is 0 Å². The number of nitrogens with one attached hydrogen (secondary N) is 1. The fourth-order valence-electron chi connectivity index (χ4n) is 3.28. The van der Waals surface area contributed by atoms with Gasteiger partial charge in [-0.05, 0) is 38.3 Å². The van der Waals surface area contributed by atoms with E-state index >= 15 is 0 Å². The molecule has 0 aromatic carbocycles. The Morgan fingerprint density at radius 2 is 2.20 bits per heavy atom. The molecule has 1 atom stereocenters. The third-order valence-electron chi connectivity index (χ3n) is 4.44. The van der Waals surface area contributed by atoms with Crippen molar-refractivity contribution in [1.82, 2.24) is 19.6 Å². The Bertz CT molecular complexity index is 441. The van der Waals surface area contributed by atoms with Crippen molar-refractivity contribution in [3.05, 3.63) is 5.82 Å². The Morgan fingerprint density at radius 1 is 1.30 bits per heavy atom. The third-order valence-corrected chi connectivity index (χ3v) is 5.31. The molecule has 112 valence electrons. The molecule has 1 aromatic rings. The Labute approximate surface area is 125 Å². The van der Waals surface area contributed by atoms with Crippen molar-refractivity contribution in [3.63, 3.8) is 0 Å². The van der Waals surface area contributed by atoms with Crippen molar-refractivity contribution >= 4 is 16.7 Å². The molecule has 0 bridgehead atoms. The van der Waals surface area contributed by atoms with Gasteiger partial charge in [0, 0.05) is 44.3 Å². The van der Waals surface area contributed by atoms with Crippen molar-refractivity contribution in [2.45, 2.75) is 26.7 Å². The number of hydrogen-bond acceptors (Lipinski definition) is 6. The monoisotopic (exact) mass is 295 g/mol. The zero-order chi connectivity index (χ0) is 14.0. The van der Waals surface area contributed by atoms with Gasteiger partial charge in [-0.2, -0.15) is 4.37 Å². The van der Waals surface area contributed by atoms with Crippen molar-refractivity contribution < 1.29 is 0 Å². The summed E-state index contributed by atoms with van der Waals surface area (Å²) in [5.74, 6) is 0.899.